The van der Waals surface area contributed by atoms with Crippen LogP contribution in [0.1, 0.15) is 65.7 Å². The van der Waals surface area contributed by atoms with Gasteiger partial charge in [-0.15, -0.1) is 0 Å². The molecule has 1 rings (SSSR count). The maximum Gasteiger partial charge on any atom is -0.0380 e. The van der Waals surface area contributed by atoms with Crippen molar-refractivity contribution in [2.24, 2.45) is 17.8 Å². The van der Waals surface area contributed by atoms with E-state index in [9.17, 15) is 0 Å². The average Bonchev–Trinajstić information content (AvgIpc) is 2.80. The third-order valence-corrected chi connectivity index (χ3v) is 3.48. The second-order valence-corrected chi connectivity index (χ2v) is 5.03. The molecule has 1 aliphatic carbocycles. The summed E-state index contributed by atoms with van der Waals surface area (Å²) in [7, 11) is 0. The molecule has 0 radical (unpaired) electrons. The average molecular weight is 182 g/mol. The zero-order chi connectivity index (χ0) is 9.68. The molecule has 78 valence electrons. The van der Waals surface area contributed by atoms with Crippen LogP contribution in [0.15, 0.2) is 0 Å². The highest BCUT2D eigenvalue weighted by Crippen LogP contribution is 2.46. The van der Waals surface area contributed by atoms with Gasteiger partial charge in [0.15, 0.2) is 0 Å². The SMILES string of the molecule is CCCCC1CC1CC(C)CCC. The fraction of sp³-hybridized carbons (Fsp3) is 1.00. The minimum Gasteiger partial charge on any atom is -0.0654 e. The van der Waals surface area contributed by atoms with Crippen LogP contribution in [0.25, 0.3) is 0 Å². The first-order valence-electron chi connectivity index (χ1n) is 6.27. The smallest absolute Gasteiger partial charge is 0.0380 e. The normalized spacial score (nSPS) is 28.8. The Kier molecular flexibility index (Phi) is 4.83. The minimum absolute atomic E-state index is 0.988. The summed E-state index contributed by atoms with van der Waals surface area (Å²) in [5, 5.41) is 0. The minimum atomic E-state index is 0.988. The van der Waals surface area contributed by atoms with Crippen molar-refractivity contribution < 1.29 is 0 Å². The molecule has 0 amide bonds. The van der Waals surface area contributed by atoms with E-state index in [0.717, 1.165) is 17.8 Å². The Labute approximate surface area is 84.1 Å². The molecule has 0 aromatic carbocycles. The van der Waals surface area contributed by atoms with Gasteiger partial charge in [0.05, 0.1) is 0 Å². The summed E-state index contributed by atoms with van der Waals surface area (Å²) in [5.41, 5.74) is 0. The quantitative estimate of drug-likeness (QED) is 0.538. The summed E-state index contributed by atoms with van der Waals surface area (Å²) in [4.78, 5) is 0. The van der Waals surface area contributed by atoms with Gasteiger partial charge in [0, 0.05) is 0 Å². The van der Waals surface area contributed by atoms with Gasteiger partial charge in [-0.2, -0.15) is 0 Å². The predicted molar refractivity (Wildman–Crippen MR) is 59.8 cm³/mol. The first-order valence-corrected chi connectivity index (χ1v) is 6.27. The van der Waals surface area contributed by atoms with E-state index in [1.165, 1.54) is 38.5 Å². The predicted octanol–water partition coefficient (Wildman–Crippen LogP) is 4.64. The van der Waals surface area contributed by atoms with E-state index in [-0.39, 0.29) is 0 Å². The highest BCUT2D eigenvalue weighted by Gasteiger charge is 2.36. The van der Waals surface area contributed by atoms with Crippen molar-refractivity contribution in [1.29, 1.82) is 0 Å². The van der Waals surface area contributed by atoms with E-state index in [4.69, 9.17) is 0 Å². The summed E-state index contributed by atoms with van der Waals surface area (Å²) in [6.45, 7) is 7.04. The summed E-state index contributed by atoms with van der Waals surface area (Å²) in [6, 6.07) is 0. The van der Waals surface area contributed by atoms with Crippen LogP contribution in [0.2, 0.25) is 0 Å². The lowest BCUT2D eigenvalue weighted by Gasteiger charge is -2.08. The number of unbranched alkanes of at least 4 members (excludes halogenated alkanes) is 1. The van der Waals surface area contributed by atoms with Crippen molar-refractivity contribution in [2.45, 2.75) is 65.7 Å². The van der Waals surface area contributed by atoms with Crippen LogP contribution in [-0.2, 0) is 0 Å². The molecular weight excluding hydrogens is 156 g/mol. The lowest BCUT2D eigenvalue weighted by molar-refractivity contribution is 0.435. The zero-order valence-electron chi connectivity index (χ0n) is 9.68. The molecule has 3 unspecified atom stereocenters. The maximum atomic E-state index is 2.43. The molecule has 0 aromatic heterocycles. The van der Waals surface area contributed by atoms with Crippen LogP contribution in [-0.4, -0.2) is 0 Å². The molecule has 0 saturated heterocycles. The van der Waals surface area contributed by atoms with E-state index in [1.807, 2.05) is 0 Å². The Morgan fingerprint density at radius 3 is 2.54 bits per heavy atom. The van der Waals surface area contributed by atoms with Crippen LogP contribution < -0.4 is 0 Å². The van der Waals surface area contributed by atoms with Gasteiger partial charge in [-0.1, -0.05) is 52.9 Å². The van der Waals surface area contributed by atoms with E-state index in [0.29, 0.717) is 0 Å². The molecule has 0 N–H and O–H groups in total. The second kappa shape index (κ2) is 5.67. The van der Waals surface area contributed by atoms with Gasteiger partial charge in [0.1, 0.15) is 0 Å². The maximum absolute atomic E-state index is 2.43. The monoisotopic (exact) mass is 182 g/mol. The van der Waals surface area contributed by atoms with Crippen molar-refractivity contribution >= 4 is 0 Å². The van der Waals surface area contributed by atoms with Gasteiger partial charge in [0.25, 0.3) is 0 Å². The summed E-state index contributed by atoms with van der Waals surface area (Å²) >= 11 is 0. The van der Waals surface area contributed by atoms with Crippen LogP contribution in [0.3, 0.4) is 0 Å². The summed E-state index contributed by atoms with van der Waals surface area (Å²) < 4.78 is 0. The molecule has 13 heavy (non-hydrogen) atoms. The Morgan fingerprint density at radius 1 is 1.15 bits per heavy atom. The highest BCUT2D eigenvalue weighted by atomic mass is 14.4. The largest absolute Gasteiger partial charge is 0.0654 e. The Bertz CT molecular complexity index is 128. The van der Waals surface area contributed by atoms with Crippen LogP contribution in [0.5, 0.6) is 0 Å². The van der Waals surface area contributed by atoms with Crippen molar-refractivity contribution in [2.75, 3.05) is 0 Å². The summed E-state index contributed by atoms with van der Waals surface area (Å²) in [6.07, 6.45) is 10.2. The summed E-state index contributed by atoms with van der Waals surface area (Å²) in [5.74, 6) is 3.23. The molecule has 0 aliphatic heterocycles. The number of rotatable bonds is 7. The molecule has 0 heterocycles. The molecule has 1 fully saturated rings. The third-order valence-electron chi connectivity index (χ3n) is 3.48. The molecule has 3 atom stereocenters. The van der Waals surface area contributed by atoms with Crippen LogP contribution in [0, 0.1) is 17.8 Å². The Morgan fingerprint density at radius 2 is 1.92 bits per heavy atom. The third kappa shape index (κ3) is 4.15. The van der Waals surface area contributed by atoms with Crippen LogP contribution >= 0.6 is 0 Å². The van der Waals surface area contributed by atoms with E-state index in [2.05, 4.69) is 20.8 Å². The zero-order valence-corrected chi connectivity index (χ0v) is 9.68. The van der Waals surface area contributed by atoms with Crippen molar-refractivity contribution in [3.05, 3.63) is 0 Å². The number of hydrogen-bond donors (Lipinski definition) is 0. The molecule has 0 spiro atoms. The van der Waals surface area contributed by atoms with Gasteiger partial charge in [-0.3, -0.25) is 0 Å². The van der Waals surface area contributed by atoms with Crippen molar-refractivity contribution in [1.82, 2.24) is 0 Å². The van der Waals surface area contributed by atoms with Gasteiger partial charge in [0.2, 0.25) is 0 Å². The van der Waals surface area contributed by atoms with Crippen molar-refractivity contribution in [3.8, 4) is 0 Å². The molecule has 0 bridgehead atoms. The standard InChI is InChI=1S/C13H26/c1-4-6-8-12-10-13(12)9-11(3)7-5-2/h11-13H,4-10H2,1-3H3. The van der Waals surface area contributed by atoms with Gasteiger partial charge < -0.3 is 0 Å². The lowest BCUT2D eigenvalue weighted by atomic mass is 9.98. The van der Waals surface area contributed by atoms with E-state index < -0.39 is 0 Å². The number of hydrogen-bond acceptors (Lipinski definition) is 0. The molecule has 1 saturated carbocycles. The fourth-order valence-electron chi connectivity index (χ4n) is 2.55. The Balaban J connectivity index is 1.99. The first-order chi connectivity index (χ1) is 6.27. The van der Waals surface area contributed by atoms with Gasteiger partial charge in [-0.05, 0) is 30.6 Å². The van der Waals surface area contributed by atoms with E-state index >= 15 is 0 Å². The van der Waals surface area contributed by atoms with Crippen molar-refractivity contribution in [3.63, 3.8) is 0 Å². The lowest BCUT2D eigenvalue weighted by Crippen LogP contribution is -1.96. The van der Waals surface area contributed by atoms with Crippen LogP contribution in [0.4, 0.5) is 0 Å². The molecule has 0 aromatic rings. The molecule has 0 nitrogen and oxygen atoms in total. The fourth-order valence-corrected chi connectivity index (χ4v) is 2.55. The van der Waals surface area contributed by atoms with E-state index in [1.54, 1.807) is 6.42 Å². The molecule has 0 heteroatoms. The highest BCUT2D eigenvalue weighted by molar-refractivity contribution is 4.86. The second-order valence-electron chi connectivity index (χ2n) is 5.03. The Hall–Kier alpha value is 0. The van der Waals surface area contributed by atoms with Gasteiger partial charge in [-0.25, -0.2) is 0 Å². The molecular formula is C13H26. The topological polar surface area (TPSA) is 0 Å². The molecule has 1 aliphatic rings. The first kappa shape index (κ1) is 11.1. The van der Waals surface area contributed by atoms with Gasteiger partial charge >= 0.3 is 0 Å².